The molecule has 1 spiro atoms. The summed E-state index contributed by atoms with van der Waals surface area (Å²) in [6.07, 6.45) is 2.75. The SMILES string of the molecule is Cc1csc(NC(=O)CN2CC[C@@]3(CCC2=O)NC(=O)c2cccnc2N3)n1. The molecular formula is C18H20N6O3S. The van der Waals surface area contributed by atoms with Crippen molar-refractivity contribution in [2.75, 3.05) is 23.7 Å². The van der Waals surface area contributed by atoms with Gasteiger partial charge in [0.1, 0.15) is 11.5 Å². The number of amides is 3. The van der Waals surface area contributed by atoms with E-state index in [0.29, 0.717) is 35.9 Å². The maximum atomic E-state index is 12.5. The van der Waals surface area contributed by atoms with Crippen molar-refractivity contribution in [3.8, 4) is 0 Å². The van der Waals surface area contributed by atoms with E-state index < -0.39 is 5.66 Å². The summed E-state index contributed by atoms with van der Waals surface area (Å²) in [6, 6.07) is 3.41. The molecule has 1 saturated heterocycles. The molecule has 4 rings (SSSR count). The number of fused-ring (bicyclic) bond motifs is 1. The van der Waals surface area contributed by atoms with Crippen LogP contribution in [-0.4, -0.2) is 51.3 Å². The number of aromatic nitrogens is 2. The van der Waals surface area contributed by atoms with Gasteiger partial charge in [-0.25, -0.2) is 9.97 Å². The van der Waals surface area contributed by atoms with Gasteiger partial charge in [-0.1, -0.05) is 0 Å². The van der Waals surface area contributed by atoms with Crippen molar-refractivity contribution in [3.05, 3.63) is 35.0 Å². The van der Waals surface area contributed by atoms with Gasteiger partial charge in [0.2, 0.25) is 11.8 Å². The average Bonchev–Trinajstić information content (AvgIpc) is 3.01. The molecule has 0 aromatic carbocycles. The molecule has 28 heavy (non-hydrogen) atoms. The van der Waals surface area contributed by atoms with Crippen LogP contribution in [0.15, 0.2) is 23.7 Å². The van der Waals surface area contributed by atoms with E-state index in [0.717, 1.165) is 5.69 Å². The van der Waals surface area contributed by atoms with E-state index in [-0.39, 0.29) is 30.7 Å². The fourth-order valence-electron chi connectivity index (χ4n) is 3.45. The number of rotatable bonds is 3. The Morgan fingerprint density at radius 2 is 2.21 bits per heavy atom. The topological polar surface area (TPSA) is 116 Å². The van der Waals surface area contributed by atoms with Gasteiger partial charge in [-0.2, -0.15) is 0 Å². The van der Waals surface area contributed by atoms with Crippen molar-refractivity contribution in [2.45, 2.75) is 31.8 Å². The van der Waals surface area contributed by atoms with Gasteiger partial charge in [0.25, 0.3) is 5.91 Å². The Balaban J connectivity index is 1.43. The molecule has 0 bridgehead atoms. The number of aryl methyl sites for hydroxylation is 1. The molecular weight excluding hydrogens is 380 g/mol. The number of pyridine rings is 1. The Morgan fingerprint density at radius 1 is 1.36 bits per heavy atom. The molecule has 0 aliphatic carbocycles. The van der Waals surface area contributed by atoms with Crippen LogP contribution in [0.3, 0.4) is 0 Å². The second-order valence-corrected chi connectivity index (χ2v) is 7.83. The summed E-state index contributed by atoms with van der Waals surface area (Å²) in [5.74, 6) is -0.0971. The smallest absolute Gasteiger partial charge is 0.256 e. The first kappa shape index (κ1) is 18.4. The van der Waals surface area contributed by atoms with E-state index in [1.54, 1.807) is 18.3 Å². The van der Waals surface area contributed by atoms with Crippen molar-refractivity contribution in [1.29, 1.82) is 0 Å². The minimum absolute atomic E-state index is 0.0453. The van der Waals surface area contributed by atoms with Crippen molar-refractivity contribution in [3.63, 3.8) is 0 Å². The highest BCUT2D eigenvalue weighted by molar-refractivity contribution is 7.13. The number of anilines is 2. The van der Waals surface area contributed by atoms with Crippen LogP contribution < -0.4 is 16.0 Å². The Hall–Kier alpha value is -3.01. The molecule has 2 aromatic heterocycles. The highest BCUT2D eigenvalue weighted by atomic mass is 32.1. The van der Waals surface area contributed by atoms with Gasteiger partial charge in [-0.05, 0) is 25.5 Å². The molecule has 2 aromatic rings. The van der Waals surface area contributed by atoms with E-state index in [9.17, 15) is 14.4 Å². The summed E-state index contributed by atoms with van der Waals surface area (Å²) in [4.78, 5) is 47.3. The van der Waals surface area contributed by atoms with Gasteiger partial charge < -0.3 is 20.9 Å². The quantitative estimate of drug-likeness (QED) is 0.716. The van der Waals surface area contributed by atoms with E-state index in [1.807, 2.05) is 12.3 Å². The number of thiazole rings is 1. The second kappa shape index (κ2) is 7.19. The van der Waals surface area contributed by atoms with Gasteiger partial charge in [0.05, 0.1) is 17.8 Å². The first-order chi connectivity index (χ1) is 13.4. The van der Waals surface area contributed by atoms with Crippen LogP contribution in [0.25, 0.3) is 0 Å². The lowest BCUT2D eigenvalue weighted by Crippen LogP contribution is -2.58. The van der Waals surface area contributed by atoms with Crippen molar-refractivity contribution in [1.82, 2.24) is 20.2 Å². The molecule has 2 aliphatic heterocycles. The zero-order valence-corrected chi connectivity index (χ0v) is 16.1. The number of carbonyl (C=O) groups excluding carboxylic acids is 3. The van der Waals surface area contributed by atoms with E-state index in [1.165, 1.54) is 16.2 Å². The summed E-state index contributed by atoms with van der Waals surface area (Å²) in [5.41, 5.74) is 0.575. The molecule has 2 aliphatic rings. The summed E-state index contributed by atoms with van der Waals surface area (Å²) >= 11 is 1.35. The fourth-order valence-corrected chi connectivity index (χ4v) is 4.15. The molecule has 0 saturated carbocycles. The van der Waals surface area contributed by atoms with Crippen LogP contribution in [0.1, 0.15) is 35.3 Å². The molecule has 1 atom stereocenters. The predicted molar refractivity (Wildman–Crippen MR) is 104 cm³/mol. The summed E-state index contributed by atoms with van der Waals surface area (Å²) in [7, 11) is 0. The minimum Gasteiger partial charge on any atom is -0.347 e. The van der Waals surface area contributed by atoms with Gasteiger partial charge in [0, 0.05) is 31.0 Å². The third-order valence-electron chi connectivity index (χ3n) is 4.89. The molecule has 0 unspecified atom stereocenters. The Labute approximate surface area is 165 Å². The van der Waals surface area contributed by atoms with Crippen LogP contribution in [0.5, 0.6) is 0 Å². The molecule has 9 nitrogen and oxygen atoms in total. The molecule has 3 N–H and O–H groups in total. The molecule has 3 amide bonds. The minimum atomic E-state index is -0.744. The molecule has 1 fully saturated rings. The second-order valence-electron chi connectivity index (χ2n) is 6.97. The van der Waals surface area contributed by atoms with Crippen LogP contribution in [-0.2, 0) is 9.59 Å². The Kier molecular flexibility index (Phi) is 4.71. The first-order valence-corrected chi connectivity index (χ1v) is 9.88. The average molecular weight is 400 g/mol. The standard InChI is InChI=1S/C18H20N6O3S/c1-11-10-28-17(20-11)21-13(25)9-24-8-6-18(5-4-14(24)26)22-15-12(16(27)23-18)3-2-7-19-15/h2-3,7,10H,4-6,8-9H2,1H3,(H,19,22)(H,23,27)(H,20,21,25)/t18-/m1/s1. The van der Waals surface area contributed by atoms with E-state index in [4.69, 9.17) is 0 Å². The molecule has 146 valence electrons. The molecule has 0 radical (unpaired) electrons. The third kappa shape index (κ3) is 3.68. The number of likely N-dealkylation sites (tertiary alicyclic amines) is 1. The van der Waals surface area contributed by atoms with Crippen molar-refractivity contribution >= 4 is 40.0 Å². The number of nitrogens with one attached hydrogen (secondary N) is 3. The molecule has 4 heterocycles. The highest BCUT2D eigenvalue weighted by Gasteiger charge is 2.41. The van der Waals surface area contributed by atoms with E-state index in [2.05, 4.69) is 25.9 Å². The zero-order valence-electron chi connectivity index (χ0n) is 15.3. The normalized spacial score (nSPS) is 21.5. The predicted octanol–water partition coefficient (Wildman–Crippen LogP) is 1.35. The maximum absolute atomic E-state index is 12.5. The number of nitrogens with zero attached hydrogens (tertiary/aromatic N) is 3. The van der Waals surface area contributed by atoms with Crippen molar-refractivity contribution in [2.24, 2.45) is 0 Å². The number of hydrogen-bond donors (Lipinski definition) is 3. The van der Waals surface area contributed by atoms with Crippen LogP contribution in [0.4, 0.5) is 10.9 Å². The first-order valence-electron chi connectivity index (χ1n) is 9.00. The summed E-state index contributed by atoms with van der Waals surface area (Å²) < 4.78 is 0. The molecule has 10 heteroatoms. The lowest BCUT2D eigenvalue weighted by atomic mass is 9.97. The fraction of sp³-hybridized carbons (Fsp3) is 0.389. The Morgan fingerprint density at radius 3 is 3.00 bits per heavy atom. The number of hydrogen-bond acceptors (Lipinski definition) is 7. The van der Waals surface area contributed by atoms with E-state index >= 15 is 0 Å². The lowest BCUT2D eigenvalue weighted by Gasteiger charge is -2.39. The maximum Gasteiger partial charge on any atom is 0.256 e. The zero-order chi connectivity index (χ0) is 19.7. The van der Waals surface area contributed by atoms with Gasteiger partial charge in [0.15, 0.2) is 5.13 Å². The summed E-state index contributed by atoms with van der Waals surface area (Å²) in [5, 5.41) is 11.4. The van der Waals surface area contributed by atoms with Crippen LogP contribution >= 0.6 is 11.3 Å². The van der Waals surface area contributed by atoms with Gasteiger partial charge >= 0.3 is 0 Å². The van der Waals surface area contributed by atoms with Crippen LogP contribution in [0, 0.1) is 6.92 Å². The van der Waals surface area contributed by atoms with Crippen molar-refractivity contribution < 1.29 is 14.4 Å². The third-order valence-corrected chi connectivity index (χ3v) is 5.77. The summed E-state index contributed by atoms with van der Waals surface area (Å²) in [6.45, 7) is 2.15. The largest absolute Gasteiger partial charge is 0.347 e. The number of carbonyl (C=O) groups is 3. The van der Waals surface area contributed by atoms with Gasteiger partial charge in [-0.15, -0.1) is 11.3 Å². The monoisotopic (exact) mass is 400 g/mol. The van der Waals surface area contributed by atoms with Gasteiger partial charge in [-0.3, -0.25) is 14.4 Å². The highest BCUT2D eigenvalue weighted by Crippen LogP contribution is 2.30. The van der Waals surface area contributed by atoms with Crippen LogP contribution in [0.2, 0.25) is 0 Å². The lowest BCUT2D eigenvalue weighted by molar-refractivity contribution is -0.134. The Bertz CT molecular complexity index is 945.